The van der Waals surface area contributed by atoms with Gasteiger partial charge in [-0.15, -0.1) is 9.89 Å². The normalized spacial score (nSPS) is 12.2. The molecule has 1 amide bonds. The van der Waals surface area contributed by atoms with Gasteiger partial charge < -0.3 is 0 Å². The molecule has 5 nitrogen and oxygen atoms in total. The summed E-state index contributed by atoms with van der Waals surface area (Å²) in [4.78, 5) is 24.1. The maximum Gasteiger partial charge on any atom is 0.435 e. The number of alkyl halides is 5. The first-order valence-electron chi connectivity index (χ1n) is 7.46. The fraction of sp³-hybridized carbons (Fsp3) is 0.118. The molecule has 140 valence electrons. The van der Waals surface area contributed by atoms with Gasteiger partial charge in [-0.2, -0.15) is 22.0 Å². The van der Waals surface area contributed by atoms with Gasteiger partial charge in [-0.3, -0.25) is 9.59 Å². The van der Waals surface area contributed by atoms with Crippen molar-refractivity contribution in [1.29, 1.82) is 0 Å². The number of benzene rings is 2. The highest BCUT2D eigenvalue weighted by Crippen LogP contribution is 2.32. The number of halogens is 5. The molecule has 0 fully saturated rings. The van der Waals surface area contributed by atoms with Crippen LogP contribution in [0.4, 0.5) is 22.0 Å². The van der Waals surface area contributed by atoms with E-state index >= 15 is 0 Å². The zero-order valence-electron chi connectivity index (χ0n) is 13.3. The largest absolute Gasteiger partial charge is 0.435 e. The van der Waals surface area contributed by atoms with E-state index in [9.17, 15) is 31.5 Å². The zero-order valence-corrected chi connectivity index (χ0v) is 13.3. The minimum atomic E-state index is -4.97. The number of nitrogens with zero attached hydrogens (tertiary/aromatic N) is 2. The monoisotopic (exact) mass is 383 g/mol. The molecule has 0 spiro atoms. The third kappa shape index (κ3) is 3.37. The molecule has 1 N–H and O–H groups in total. The Morgan fingerprint density at radius 3 is 2.04 bits per heavy atom. The average Bonchev–Trinajstić information content (AvgIpc) is 2.63. The first kappa shape index (κ1) is 18.5. The van der Waals surface area contributed by atoms with Gasteiger partial charge in [0.05, 0.1) is 5.39 Å². The van der Waals surface area contributed by atoms with Gasteiger partial charge in [-0.1, -0.05) is 48.5 Å². The smallest absolute Gasteiger partial charge is 0.266 e. The number of carbonyl (C=O) groups excluding carboxylic acids is 1. The molecular formula is C17H10F5N3O2. The molecular weight excluding hydrogens is 373 g/mol. The van der Waals surface area contributed by atoms with Crippen molar-refractivity contribution in [2.45, 2.75) is 12.1 Å². The van der Waals surface area contributed by atoms with Gasteiger partial charge in [0.15, 0.2) is 5.69 Å². The molecule has 0 unspecified atom stereocenters. The first-order valence-corrected chi connectivity index (χ1v) is 7.46. The molecule has 0 saturated carbocycles. The van der Waals surface area contributed by atoms with Crippen LogP contribution in [0, 0.1) is 0 Å². The van der Waals surface area contributed by atoms with E-state index in [1.807, 2.05) is 0 Å². The lowest BCUT2D eigenvalue weighted by Crippen LogP contribution is -2.43. The van der Waals surface area contributed by atoms with Crippen molar-refractivity contribution in [2.24, 2.45) is 0 Å². The van der Waals surface area contributed by atoms with Crippen molar-refractivity contribution in [3.8, 4) is 0 Å². The second-order valence-electron chi connectivity index (χ2n) is 5.49. The summed E-state index contributed by atoms with van der Waals surface area (Å²) in [7, 11) is 0. The molecule has 0 aliphatic rings. The van der Waals surface area contributed by atoms with Crippen LogP contribution >= 0.6 is 0 Å². The zero-order chi connectivity index (χ0) is 19.8. The molecule has 1 heterocycles. The molecule has 10 heteroatoms. The number of rotatable bonds is 3. The molecule has 3 aromatic rings. The van der Waals surface area contributed by atoms with Gasteiger partial charge in [0.1, 0.15) is 0 Å². The molecule has 3 rings (SSSR count). The molecule has 0 aliphatic heterocycles. The van der Waals surface area contributed by atoms with Gasteiger partial charge in [0.2, 0.25) is 0 Å². The Kier molecular flexibility index (Phi) is 4.42. The van der Waals surface area contributed by atoms with E-state index in [1.54, 1.807) is 0 Å². The quantitative estimate of drug-likeness (QED) is 0.706. The van der Waals surface area contributed by atoms with Crippen molar-refractivity contribution >= 4 is 16.7 Å². The molecule has 2 aromatic carbocycles. The second kappa shape index (κ2) is 6.45. The van der Waals surface area contributed by atoms with E-state index in [0.29, 0.717) is 0 Å². The minimum absolute atomic E-state index is 0.121. The average molecular weight is 383 g/mol. The number of carbonyl (C=O) groups is 1. The third-order valence-electron chi connectivity index (χ3n) is 3.70. The highest BCUT2D eigenvalue weighted by molar-refractivity contribution is 5.91. The van der Waals surface area contributed by atoms with Crippen molar-refractivity contribution < 1.29 is 26.7 Å². The van der Waals surface area contributed by atoms with Gasteiger partial charge in [-0.25, -0.2) is 5.43 Å². The van der Waals surface area contributed by atoms with Crippen LogP contribution in [0.3, 0.4) is 0 Å². The summed E-state index contributed by atoms with van der Waals surface area (Å²) in [6, 6.07) is 10.6. The Morgan fingerprint density at radius 2 is 1.44 bits per heavy atom. The molecule has 0 aliphatic carbocycles. The highest BCUT2D eigenvalue weighted by atomic mass is 19.4. The Labute approximate surface area is 148 Å². The summed E-state index contributed by atoms with van der Waals surface area (Å²) >= 11 is 0. The predicted octanol–water partition coefficient (Wildman–Crippen LogP) is 3.28. The second-order valence-corrected chi connectivity index (χ2v) is 5.49. The van der Waals surface area contributed by atoms with E-state index < -0.39 is 45.6 Å². The van der Waals surface area contributed by atoms with Crippen LogP contribution < -0.4 is 11.0 Å². The molecule has 0 saturated heterocycles. The summed E-state index contributed by atoms with van der Waals surface area (Å²) < 4.78 is 68.2. The van der Waals surface area contributed by atoms with Crippen molar-refractivity contribution in [1.82, 2.24) is 9.89 Å². The van der Waals surface area contributed by atoms with E-state index in [4.69, 9.17) is 0 Å². The number of amides is 1. The number of aromatic nitrogens is 2. The summed E-state index contributed by atoms with van der Waals surface area (Å²) in [5.41, 5.74) is -1.89. The highest BCUT2D eigenvalue weighted by Gasteiger charge is 2.42. The van der Waals surface area contributed by atoms with Gasteiger partial charge in [0.25, 0.3) is 5.56 Å². The van der Waals surface area contributed by atoms with Crippen LogP contribution in [0.2, 0.25) is 0 Å². The van der Waals surface area contributed by atoms with E-state index in [0.717, 1.165) is 24.3 Å². The Balaban J connectivity index is 2.09. The van der Waals surface area contributed by atoms with Crippen molar-refractivity contribution in [3.63, 3.8) is 0 Å². The summed E-state index contributed by atoms with van der Waals surface area (Å²) in [5, 5.41) is 2.10. The van der Waals surface area contributed by atoms with Crippen LogP contribution in [0.25, 0.3) is 10.8 Å². The number of nitrogens with one attached hydrogen (secondary N) is 1. The maximum absolute atomic E-state index is 14.2. The molecule has 1 aromatic heterocycles. The van der Waals surface area contributed by atoms with Gasteiger partial charge >= 0.3 is 18.0 Å². The summed E-state index contributed by atoms with van der Waals surface area (Å²) in [5.74, 6) is -6.08. The van der Waals surface area contributed by atoms with E-state index in [2.05, 4.69) is 5.10 Å². The standard InChI is InChI=1S/C17H10F5N3O2/c18-16(19,10-6-2-1-3-7-10)15(27)24-25-14(26)12-9-5-4-8-11(12)13(23-25)17(20,21)22/h1-9H,(H,24,27). The van der Waals surface area contributed by atoms with Crippen molar-refractivity contribution in [2.75, 3.05) is 5.43 Å². The van der Waals surface area contributed by atoms with Crippen LogP contribution in [0.15, 0.2) is 59.4 Å². The summed E-state index contributed by atoms with van der Waals surface area (Å²) in [6.07, 6.45) is -4.97. The van der Waals surface area contributed by atoms with Crippen molar-refractivity contribution in [3.05, 3.63) is 76.2 Å². The van der Waals surface area contributed by atoms with Crippen LogP contribution in [-0.4, -0.2) is 15.8 Å². The lowest BCUT2D eigenvalue weighted by molar-refractivity contribution is -0.144. The fourth-order valence-electron chi connectivity index (χ4n) is 2.42. The van der Waals surface area contributed by atoms with Crippen LogP contribution in [0.5, 0.6) is 0 Å². The topological polar surface area (TPSA) is 64.0 Å². The lowest BCUT2D eigenvalue weighted by Gasteiger charge is -2.18. The molecule has 27 heavy (non-hydrogen) atoms. The van der Waals surface area contributed by atoms with E-state index in [1.165, 1.54) is 35.8 Å². The van der Waals surface area contributed by atoms with Crippen LogP contribution in [-0.2, 0) is 16.9 Å². The van der Waals surface area contributed by atoms with Crippen LogP contribution in [0.1, 0.15) is 11.3 Å². The lowest BCUT2D eigenvalue weighted by atomic mass is 10.1. The summed E-state index contributed by atoms with van der Waals surface area (Å²) in [6.45, 7) is 0. The Bertz CT molecular complexity index is 1060. The predicted molar refractivity (Wildman–Crippen MR) is 85.7 cm³/mol. The third-order valence-corrected chi connectivity index (χ3v) is 3.70. The van der Waals surface area contributed by atoms with E-state index in [-0.39, 0.29) is 4.79 Å². The molecule has 0 bridgehead atoms. The molecule has 0 atom stereocenters. The fourth-order valence-corrected chi connectivity index (χ4v) is 2.42. The van der Waals surface area contributed by atoms with Gasteiger partial charge in [-0.05, 0) is 6.07 Å². The molecule has 0 radical (unpaired) electrons. The van der Waals surface area contributed by atoms with Gasteiger partial charge in [0, 0.05) is 10.9 Å². The minimum Gasteiger partial charge on any atom is -0.266 e. The first-order chi connectivity index (χ1) is 12.6. The Morgan fingerprint density at radius 1 is 0.889 bits per heavy atom. The number of fused-ring (bicyclic) bond motifs is 1. The Hall–Kier alpha value is -3.30. The maximum atomic E-state index is 14.2. The number of hydrogen-bond acceptors (Lipinski definition) is 3. The number of hydrogen-bond donors (Lipinski definition) is 1. The SMILES string of the molecule is O=C(Nn1nc(C(F)(F)F)c2ccccc2c1=O)C(F)(F)c1ccccc1.